The molecule has 1 aromatic carbocycles. The summed E-state index contributed by atoms with van der Waals surface area (Å²) in [5.41, 5.74) is 4.34. The topological polar surface area (TPSA) is 82.0 Å². The van der Waals surface area contributed by atoms with Gasteiger partial charge in [0.1, 0.15) is 5.82 Å². The van der Waals surface area contributed by atoms with Gasteiger partial charge < -0.3 is 24.0 Å². The molecule has 2 aromatic heterocycles. The number of carbonyl (C=O) groups is 1. The summed E-state index contributed by atoms with van der Waals surface area (Å²) in [5.74, 6) is 2.52. The summed E-state index contributed by atoms with van der Waals surface area (Å²) >= 11 is 0. The molecule has 0 N–H and O–H groups in total. The fraction of sp³-hybridized carbons (Fsp3) is 0.500. The Labute approximate surface area is 229 Å². The molecule has 0 spiro atoms. The van der Waals surface area contributed by atoms with Gasteiger partial charge in [0.25, 0.3) is 0 Å². The molecule has 1 aliphatic carbocycles. The predicted molar refractivity (Wildman–Crippen MR) is 149 cm³/mol. The number of amides is 1. The summed E-state index contributed by atoms with van der Waals surface area (Å²) in [7, 11) is 0. The lowest BCUT2D eigenvalue weighted by Gasteiger charge is -2.31. The monoisotopic (exact) mass is 531 g/mol. The third-order valence-electron chi connectivity index (χ3n) is 7.81. The molecule has 39 heavy (non-hydrogen) atoms. The van der Waals surface area contributed by atoms with Gasteiger partial charge >= 0.3 is 0 Å². The molecule has 9 heteroatoms. The molecule has 0 atom stereocenters. The molecule has 1 amide bonds. The summed E-state index contributed by atoms with van der Waals surface area (Å²) in [4.78, 5) is 23.1. The maximum absolute atomic E-state index is 13.7. The molecule has 1 fully saturated rings. The normalized spacial score (nSPS) is 16.9. The molecule has 3 aliphatic rings. The van der Waals surface area contributed by atoms with Crippen LogP contribution in [0.3, 0.4) is 0 Å². The molecule has 206 valence electrons. The smallest absolute Gasteiger partial charge is 0.231 e. The van der Waals surface area contributed by atoms with E-state index in [-0.39, 0.29) is 12.7 Å². The summed E-state index contributed by atoms with van der Waals surface area (Å²) < 4.78 is 18.7. The molecule has 4 heterocycles. The number of pyridine rings is 1. The van der Waals surface area contributed by atoms with Gasteiger partial charge in [-0.1, -0.05) is 11.6 Å². The number of allylic oxidation sites excluding steroid dienone is 1. The number of anilines is 1. The molecule has 2 aliphatic heterocycles. The average Bonchev–Trinajstić information content (AvgIpc) is 3.61. The quantitative estimate of drug-likeness (QED) is 0.373. The SMILES string of the molecule is Cc1ccn(CCC(=O)N(CCC2=CCCCC2)Cc2cc3cc4c(cc3nc2N2CCOCC2)OCO4)n1. The summed E-state index contributed by atoms with van der Waals surface area (Å²) in [6, 6.07) is 8.09. The zero-order valence-corrected chi connectivity index (χ0v) is 22.7. The fourth-order valence-corrected chi connectivity index (χ4v) is 5.63. The second kappa shape index (κ2) is 11.7. The largest absolute Gasteiger partial charge is 0.454 e. The van der Waals surface area contributed by atoms with E-state index in [2.05, 4.69) is 22.1 Å². The van der Waals surface area contributed by atoms with Crippen molar-refractivity contribution in [1.29, 1.82) is 0 Å². The number of aryl methyl sites for hydroxylation is 2. The van der Waals surface area contributed by atoms with Gasteiger partial charge in [0, 0.05) is 62.4 Å². The van der Waals surface area contributed by atoms with E-state index in [1.54, 1.807) is 0 Å². The maximum Gasteiger partial charge on any atom is 0.231 e. The number of hydrogen-bond acceptors (Lipinski definition) is 7. The lowest BCUT2D eigenvalue weighted by atomic mass is 9.97. The number of aromatic nitrogens is 3. The number of fused-ring (bicyclic) bond motifs is 2. The van der Waals surface area contributed by atoms with Gasteiger partial charge in [0.15, 0.2) is 11.5 Å². The molecule has 0 unspecified atom stereocenters. The van der Waals surface area contributed by atoms with Crippen LogP contribution in [0.5, 0.6) is 11.5 Å². The number of ether oxygens (including phenoxy) is 3. The highest BCUT2D eigenvalue weighted by molar-refractivity contribution is 5.86. The molecule has 0 radical (unpaired) electrons. The lowest BCUT2D eigenvalue weighted by Crippen LogP contribution is -2.38. The first-order chi connectivity index (χ1) is 19.1. The van der Waals surface area contributed by atoms with Crippen LogP contribution in [0.2, 0.25) is 0 Å². The molecule has 6 rings (SSSR count). The van der Waals surface area contributed by atoms with Crippen molar-refractivity contribution in [2.24, 2.45) is 0 Å². The van der Waals surface area contributed by atoms with Crippen LogP contribution in [0, 0.1) is 6.92 Å². The minimum Gasteiger partial charge on any atom is -0.454 e. The molecule has 0 bridgehead atoms. The van der Waals surface area contributed by atoms with E-state index in [0.29, 0.717) is 39.3 Å². The van der Waals surface area contributed by atoms with E-state index in [0.717, 1.165) is 71.8 Å². The Kier molecular flexibility index (Phi) is 7.67. The molecular formula is C30H37N5O4. The van der Waals surface area contributed by atoms with Gasteiger partial charge in [-0.15, -0.1) is 0 Å². The highest BCUT2D eigenvalue weighted by Gasteiger charge is 2.23. The van der Waals surface area contributed by atoms with Gasteiger partial charge in [0.05, 0.1) is 24.4 Å². The molecular weight excluding hydrogens is 494 g/mol. The summed E-state index contributed by atoms with van der Waals surface area (Å²) in [5, 5.41) is 5.46. The zero-order chi connectivity index (χ0) is 26.6. The van der Waals surface area contributed by atoms with E-state index < -0.39 is 0 Å². The van der Waals surface area contributed by atoms with Gasteiger partial charge in [-0.3, -0.25) is 9.48 Å². The van der Waals surface area contributed by atoms with Gasteiger partial charge in [-0.25, -0.2) is 4.98 Å². The van der Waals surface area contributed by atoms with E-state index in [1.807, 2.05) is 40.9 Å². The summed E-state index contributed by atoms with van der Waals surface area (Å²) in [6.45, 7) is 6.85. The van der Waals surface area contributed by atoms with Crippen LogP contribution in [0.4, 0.5) is 5.82 Å². The lowest BCUT2D eigenvalue weighted by molar-refractivity contribution is -0.132. The van der Waals surface area contributed by atoms with Crippen LogP contribution in [0.1, 0.15) is 49.8 Å². The van der Waals surface area contributed by atoms with Crippen LogP contribution in [-0.4, -0.2) is 65.2 Å². The third kappa shape index (κ3) is 6.03. The first kappa shape index (κ1) is 25.7. The zero-order valence-electron chi connectivity index (χ0n) is 22.7. The van der Waals surface area contributed by atoms with E-state index in [4.69, 9.17) is 19.2 Å². The van der Waals surface area contributed by atoms with Crippen LogP contribution < -0.4 is 14.4 Å². The average molecular weight is 532 g/mol. The number of hydrogen-bond donors (Lipinski definition) is 0. The number of rotatable bonds is 9. The van der Waals surface area contributed by atoms with Crippen LogP contribution in [-0.2, 0) is 22.6 Å². The number of nitrogens with zero attached hydrogens (tertiary/aromatic N) is 5. The van der Waals surface area contributed by atoms with E-state index in [1.165, 1.54) is 18.4 Å². The Morgan fingerprint density at radius 3 is 2.72 bits per heavy atom. The van der Waals surface area contributed by atoms with Crippen molar-refractivity contribution >= 4 is 22.6 Å². The van der Waals surface area contributed by atoms with Gasteiger partial charge in [0.2, 0.25) is 12.7 Å². The van der Waals surface area contributed by atoms with Gasteiger partial charge in [-0.2, -0.15) is 5.10 Å². The fourth-order valence-electron chi connectivity index (χ4n) is 5.63. The summed E-state index contributed by atoms with van der Waals surface area (Å²) in [6.07, 6.45) is 10.4. The number of benzene rings is 1. The molecule has 9 nitrogen and oxygen atoms in total. The van der Waals surface area contributed by atoms with Crippen molar-refractivity contribution in [3.8, 4) is 11.5 Å². The molecule has 1 saturated heterocycles. The van der Waals surface area contributed by atoms with Crippen molar-refractivity contribution in [2.75, 3.05) is 44.5 Å². The van der Waals surface area contributed by atoms with Crippen LogP contribution in [0.15, 0.2) is 42.1 Å². The van der Waals surface area contributed by atoms with Gasteiger partial charge in [-0.05, 0) is 57.2 Å². The standard InChI is InChI=1S/C30H37N5O4/c1-22-7-11-35(32-22)12-9-29(36)34(10-8-23-5-3-2-4-6-23)20-25-17-24-18-27-28(39-21-38-27)19-26(24)31-30(25)33-13-15-37-16-14-33/h5,7,11,17-19H,2-4,6,8-10,12-16,20-21H2,1H3. The Hall–Kier alpha value is -3.59. The molecule has 3 aromatic rings. The second-order valence-corrected chi connectivity index (χ2v) is 10.6. The highest BCUT2D eigenvalue weighted by atomic mass is 16.7. The van der Waals surface area contributed by atoms with E-state index >= 15 is 0 Å². The second-order valence-electron chi connectivity index (χ2n) is 10.6. The van der Waals surface area contributed by atoms with Crippen molar-refractivity contribution in [2.45, 2.75) is 58.5 Å². The first-order valence-corrected chi connectivity index (χ1v) is 14.1. The third-order valence-corrected chi connectivity index (χ3v) is 7.81. The first-order valence-electron chi connectivity index (χ1n) is 14.1. The van der Waals surface area contributed by atoms with E-state index in [9.17, 15) is 4.79 Å². The highest BCUT2D eigenvalue weighted by Crippen LogP contribution is 2.37. The maximum atomic E-state index is 13.7. The molecule has 0 saturated carbocycles. The Morgan fingerprint density at radius 1 is 1.10 bits per heavy atom. The Morgan fingerprint density at radius 2 is 1.95 bits per heavy atom. The number of carbonyl (C=O) groups excluding carboxylic acids is 1. The minimum atomic E-state index is 0.137. The predicted octanol–water partition coefficient (Wildman–Crippen LogP) is 4.61. The Bertz CT molecular complexity index is 1360. The van der Waals surface area contributed by atoms with Crippen molar-refractivity contribution in [3.63, 3.8) is 0 Å². The van der Waals surface area contributed by atoms with Crippen molar-refractivity contribution in [1.82, 2.24) is 19.7 Å². The van der Waals surface area contributed by atoms with Crippen molar-refractivity contribution in [3.05, 3.63) is 53.4 Å². The number of morpholine rings is 1. The minimum absolute atomic E-state index is 0.137. The van der Waals surface area contributed by atoms with Crippen molar-refractivity contribution < 1.29 is 19.0 Å². The van der Waals surface area contributed by atoms with Crippen LogP contribution >= 0.6 is 0 Å². The van der Waals surface area contributed by atoms with Crippen LogP contribution in [0.25, 0.3) is 10.9 Å². The Balaban J connectivity index is 1.30.